The summed E-state index contributed by atoms with van der Waals surface area (Å²) in [6.45, 7) is 1.77. The number of aromatic amines is 2. The van der Waals surface area contributed by atoms with Gasteiger partial charge in [-0.1, -0.05) is 0 Å². The van der Waals surface area contributed by atoms with Gasteiger partial charge < -0.3 is 19.9 Å². The number of amides is 2. The monoisotopic (exact) mass is 350 g/mol. The fourth-order valence-corrected chi connectivity index (χ4v) is 3.23. The average molecular weight is 350 g/mol. The van der Waals surface area contributed by atoms with Gasteiger partial charge >= 0.3 is 5.69 Å². The molecule has 0 aromatic carbocycles. The van der Waals surface area contributed by atoms with Crippen LogP contribution in [0.5, 0.6) is 0 Å². The number of hydrogen-bond acceptors (Lipinski definition) is 5. The molecule has 2 amide bonds. The molecule has 2 saturated heterocycles. The summed E-state index contributed by atoms with van der Waals surface area (Å²) < 4.78 is 5.42. The van der Waals surface area contributed by atoms with Crippen LogP contribution < -0.4 is 16.6 Å². The Bertz CT molecular complexity index is 741. The summed E-state index contributed by atoms with van der Waals surface area (Å²) in [5.74, 6) is -0.304. The molecule has 9 heteroatoms. The quantitative estimate of drug-likeness (QED) is 0.649. The van der Waals surface area contributed by atoms with Crippen LogP contribution in [0, 0.1) is 5.92 Å². The van der Waals surface area contributed by atoms with Gasteiger partial charge in [-0.15, -0.1) is 0 Å². The highest BCUT2D eigenvalue weighted by Crippen LogP contribution is 2.21. The first kappa shape index (κ1) is 17.4. The normalized spacial score (nSPS) is 21.3. The molecule has 2 fully saturated rings. The van der Waals surface area contributed by atoms with Crippen molar-refractivity contribution in [2.45, 2.75) is 38.3 Å². The van der Waals surface area contributed by atoms with E-state index in [4.69, 9.17) is 4.74 Å². The molecule has 1 atom stereocenters. The van der Waals surface area contributed by atoms with E-state index in [2.05, 4.69) is 15.3 Å². The van der Waals surface area contributed by atoms with Gasteiger partial charge in [0.25, 0.3) is 11.5 Å². The number of aromatic nitrogens is 2. The summed E-state index contributed by atoms with van der Waals surface area (Å²) in [5, 5.41) is 2.72. The van der Waals surface area contributed by atoms with Crippen molar-refractivity contribution in [3.63, 3.8) is 0 Å². The third-order valence-electron chi connectivity index (χ3n) is 4.73. The van der Waals surface area contributed by atoms with Crippen molar-refractivity contribution in [3.05, 3.63) is 32.6 Å². The zero-order chi connectivity index (χ0) is 17.8. The zero-order valence-electron chi connectivity index (χ0n) is 13.9. The topological polar surface area (TPSA) is 124 Å². The number of hydrogen-bond donors (Lipinski definition) is 3. The molecule has 3 N–H and O–H groups in total. The fraction of sp³-hybridized carbons (Fsp3) is 0.625. The van der Waals surface area contributed by atoms with Crippen LogP contribution in [0.25, 0.3) is 0 Å². The van der Waals surface area contributed by atoms with Crippen LogP contribution >= 0.6 is 0 Å². The maximum atomic E-state index is 12.3. The number of rotatable bonds is 4. The van der Waals surface area contributed by atoms with E-state index in [1.165, 1.54) is 6.20 Å². The van der Waals surface area contributed by atoms with Gasteiger partial charge in [0, 0.05) is 38.4 Å². The molecule has 1 aromatic heterocycles. The van der Waals surface area contributed by atoms with Crippen molar-refractivity contribution in [1.82, 2.24) is 20.2 Å². The van der Waals surface area contributed by atoms with Crippen LogP contribution in [-0.4, -0.2) is 52.5 Å². The molecule has 1 aromatic rings. The van der Waals surface area contributed by atoms with E-state index in [9.17, 15) is 19.2 Å². The lowest BCUT2D eigenvalue weighted by molar-refractivity contribution is -0.143. The zero-order valence-corrected chi connectivity index (χ0v) is 13.9. The highest BCUT2D eigenvalue weighted by Gasteiger charge is 2.32. The van der Waals surface area contributed by atoms with Gasteiger partial charge in [0.05, 0.1) is 5.56 Å². The van der Waals surface area contributed by atoms with Crippen molar-refractivity contribution in [1.29, 1.82) is 0 Å². The molecule has 0 bridgehead atoms. The molecule has 136 valence electrons. The maximum absolute atomic E-state index is 12.3. The summed E-state index contributed by atoms with van der Waals surface area (Å²) in [6, 6.07) is 0. The summed E-state index contributed by atoms with van der Waals surface area (Å²) in [5.41, 5.74) is -0.802. The number of H-pyrrole nitrogens is 2. The van der Waals surface area contributed by atoms with Crippen LogP contribution in [0.4, 0.5) is 0 Å². The second-order valence-corrected chi connectivity index (χ2v) is 6.42. The Balaban J connectivity index is 1.47. The van der Waals surface area contributed by atoms with E-state index in [-0.39, 0.29) is 30.4 Å². The molecule has 0 aliphatic carbocycles. The number of ether oxygens (including phenoxy) is 1. The van der Waals surface area contributed by atoms with Crippen molar-refractivity contribution >= 4 is 11.8 Å². The molecular weight excluding hydrogens is 328 g/mol. The molecule has 3 rings (SSSR count). The standard InChI is InChI=1S/C16H22N4O5/c21-13(17-8-11-9-18-16(24)19-14(11)22)10-3-5-20(6-4-10)15(23)12-2-1-7-25-12/h9-10,12H,1-8H2,(H,17,21)(H2,18,19,22,24)/t12-/m0/s1. The number of carbonyl (C=O) groups is 2. The van der Waals surface area contributed by atoms with E-state index in [1.807, 2.05) is 0 Å². The lowest BCUT2D eigenvalue weighted by Crippen LogP contribution is -2.46. The second-order valence-electron chi connectivity index (χ2n) is 6.42. The van der Waals surface area contributed by atoms with Gasteiger partial charge in [-0.05, 0) is 25.7 Å². The number of nitrogens with one attached hydrogen (secondary N) is 3. The van der Waals surface area contributed by atoms with Gasteiger partial charge in [-0.2, -0.15) is 0 Å². The molecule has 0 spiro atoms. The minimum Gasteiger partial charge on any atom is -0.368 e. The van der Waals surface area contributed by atoms with Gasteiger partial charge in [0.2, 0.25) is 5.91 Å². The Morgan fingerprint density at radius 3 is 2.64 bits per heavy atom. The first-order valence-electron chi connectivity index (χ1n) is 8.53. The first-order valence-corrected chi connectivity index (χ1v) is 8.53. The largest absolute Gasteiger partial charge is 0.368 e. The first-order chi connectivity index (χ1) is 12.0. The molecule has 3 heterocycles. The van der Waals surface area contributed by atoms with Gasteiger partial charge in [0.1, 0.15) is 6.10 Å². The van der Waals surface area contributed by atoms with Crippen LogP contribution in [-0.2, 0) is 20.9 Å². The summed E-state index contributed by atoms with van der Waals surface area (Å²) >= 11 is 0. The Labute approximate surface area is 143 Å². The summed E-state index contributed by atoms with van der Waals surface area (Å²) in [7, 11) is 0. The SMILES string of the molecule is O=C(NCc1c[nH]c(=O)[nH]c1=O)C1CCN(C(=O)[C@@H]2CCCO2)CC1. The minimum atomic E-state index is -0.580. The number of carbonyl (C=O) groups excluding carboxylic acids is 2. The molecule has 0 radical (unpaired) electrons. The van der Waals surface area contributed by atoms with E-state index in [1.54, 1.807) is 4.90 Å². The third kappa shape index (κ3) is 4.16. The van der Waals surface area contributed by atoms with E-state index in [0.717, 1.165) is 12.8 Å². The summed E-state index contributed by atoms with van der Waals surface area (Å²) in [6.07, 6.45) is 3.84. The van der Waals surface area contributed by atoms with Crippen molar-refractivity contribution < 1.29 is 14.3 Å². The number of nitrogens with zero attached hydrogens (tertiary/aromatic N) is 1. The van der Waals surface area contributed by atoms with Crippen molar-refractivity contribution in [3.8, 4) is 0 Å². The predicted octanol–water partition coefficient (Wildman–Crippen LogP) is -0.903. The highest BCUT2D eigenvalue weighted by atomic mass is 16.5. The lowest BCUT2D eigenvalue weighted by atomic mass is 9.95. The van der Waals surface area contributed by atoms with Crippen LogP contribution in [0.15, 0.2) is 15.8 Å². The second kappa shape index (κ2) is 7.64. The predicted molar refractivity (Wildman–Crippen MR) is 87.8 cm³/mol. The van der Waals surface area contributed by atoms with E-state index in [0.29, 0.717) is 38.1 Å². The molecule has 25 heavy (non-hydrogen) atoms. The molecule has 2 aliphatic rings. The maximum Gasteiger partial charge on any atom is 0.325 e. The van der Waals surface area contributed by atoms with Gasteiger partial charge in [-0.3, -0.25) is 19.4 Å². The Morgan fingerprint density at radius 1 is 1.24 bits per heavy atom. The highest BCUT2D eigenvalue weighted by molar-refractivity contribution is 5.82. The smallest absolute Gasteiger partial charge is 0.325 e. The third-order valence-corrected chi connectivity index (χ3v) is 4.73. The fourth-order valence-electron chi connectivity index (χ4n) is 3.23. The lowest BCUT2D eigenvalue weighted by Gasteiger charge is -2.32. The Hall–Kier alpha value is -2.42. The van der Waals surface area contributed by atoms with Crippen LogP contribution in [0.3, 0.4) is 0 Å². The molecular formula is C16H22N4O5. The molecule has 9 nitrogen and oxygen atoms in total. The summed E-state index contributed by atoms with van der Waals surface area (Å²) in [4.78, 5) is 53.4. The van der Waals surface area contributed by atoms with Crippen molar-refractivity contribution in [2.75, 3.05) is 19.7 Å². The van der Waals surface area contributed by atoms with Crippen molar-refractivity contribution in [2.24, 2.45) is 5.92 Å². The number of likely N-dealkylation sites (tertiary alicyclic amines) is 1. The number of piperidine rings is 1. The molecule has 0 unspecified atom stereocenters. The minimum absolute atomic E-state index is 0.0242. The van der Waals surface area contributed by atoms with Crippen LogP contribution in [0.1, 0.15) is 31.2 Å². The van der Waals surface area contributed by atoms with E-state index >= 15 is 0 Å². The Kier molecular flexibility index (Phi) is 5.32. The molecule has 2 aliphatic heterocycles. The van der Waals surface area contributed by atoms with E-state index < -0.39 is 11.2 Å². The molecule has 0 saturated carbocycles. The average Bonchev–Trinajstić information content (AvgIpc) is 3.15. The van der Waals surface area contributed by atoms with Gasteiger partial charge in [-0.25, -0.2) is 4.79 Å². The van der Waals surface area contributed by atoms with Gasteiger partial charge in [0.15, 0.2) is 0 Å². The Morgan fingerprint density at radius 2 is 2.00 bits per heavy atom. The van der Waals surface area contributed by atoms with Crippen LogP contribution in [0.2, 0.25) is 0 Å².